The van der Waals surface area contributed by atoms with E-state index in [0.29, 0.717) is 10.3 Å². The first kappa shape index (κ1) is 28.3. The summed E-state index contributed by atoms with van der Waals surface area (Å²) in [6.45, 7) is 3.93. The third kappa shape index (κ3) is 4.55. The molecule has 0 spiro atoms. The molecule has 2 aromatic heterocycles. The molecule has 1 aliphatic carbocycles. The molecule has 11 nitrogen and oxygen atoms in total. The smallest absolute Gasteiger partial charge is 0.292 e. The Labute approximate surface area is 250 Å². The number of carbonyl (C=O) groups is 2. The number of nitrogens with zero attached hydrogens (tertiary/aromatic N) is 4. The highest BCUT2D eigenvalue weighted by molar-refractivity contribution is 5.99. The van der Waals surface area contributed by atoms with Crippen LogP contribution < -0.4 is 27.4 Å². The SMILES string of the molecule is Cn1c(=O)c2c(n(C(=O)c3ccccc3)c1=O)N(C1=CC=CC(C)(C)C=C1)c1[nH]c(=O)n(C(=O)c3ccccc3)c(=O)c1C2. The number of hydrogen-bond donors (Lipinski definition) is 1. The van der Waals surface area contributed by atoms with E-state index in [0.717, 1.165) is 9.13 Å². The maximum absolute atomic E-state index is 14.0. The molecule has 0 radical (unpaired) electrons. The van der Waals surface area contributed by atoms with Gasteiger partial charge in [0, 0.05) is 35.7 Å². The van der Waals surface area contributed by atoms with Crippen LogP contribution >= 0.6 is 0 Å². The summed E-state index contributed by atoms with van der Waals surface area (Å²) in [5, 5.41) is 0. The molecule has 1 N–H and O–H groups in total. The molecule has 0 fully saturated rings. The Morgan fingerprint density at radius 3 is 1.98 bits per heavy atom. The van der Waals surface area contributed by atoms with E-state index < -0.39 is 34.3 Å². The van der Waals surface area contributed by atoms with E-state index >= 15 is 0 Å². The fourth-order valence-corrected chi connectivity index (χ4v) is 5.34. The summed E-state index contributed by atoms with van der Waals surface area (Å²) in [7, 11) is 1.25. The van der Waals surface area contributed by atoms with Crippen LogP contribution in [0.5, 0.6) is 0 Å². The minimum Gasteiger partial charge on any atom is -0.292 e. The Kier molecular flexibility index (Phi) is 6.72. The second-order valence-electron chi connectivity index (χ2n) is 11.1. The van der Waals surface area contributed by atoms with E-state index in [1.54, 1.807) is 66.8 Å². The normalized spacial score (nSPS) is 14.8. The maximum atomic E-state index is 14.0. The molecule has 0 unspecified atom stereocenters. The highest BCUT2D eigenvalue weighted by Crippen LogP contribution is 2.38. The van der Waals surface area contributed by atoms with Crippen LogP contribution in [-0.2, 0) is 13.5 Å². The summed E-state index contributed by atoms with van der Waals surface area (Å²) in [6.07, 6.45) is 8.61. The van der Waals surface area contributed by atoms with Gasteiger partial charge in [0.1, 0.15) is 11.6 Å². The summed E-state index contributed by atoms with van der Waals surface area (Å²) < 4.78 is 2.18. The summed E-state index contributed by atoms with van der Waals surface area (Å²) in [6, 6.07) is 16.0. The van der Waals surface area contributed by atoms with Crippen molar-refractivity contribution >= 4 is 23.5 Å². The number of aromatic amines is 1. The maximum Gasteiger partial charge on any atom is 0.339 e. The Bertz CT molecular complexity index is 2200. The van der Waals surface area contributed by atoms with Crippen LogP contribution in [0, 0.1) is 5.41 Å². The molecule has 3 heterocycles. The number of hydrogen-bond acceptors (Lipinski definition) is 7. The van der Waals surface area contributed by atoms with Gasteiger partial charge in [0.2, 0.25) is 0 Å². The lowest BCUT2D eigenvalue weighted by Crippen LogP contribution is -2.49. The molecule has 0 atom stereocenters. The molecule has 2 aliphatic rings. The largest absolute Gasteiger partial charge is 0.339 e. The van der Waals surface area contributed by atoms with Crippen LogP contribution in [0.4, 0.5) is 11.6 Å². The fourth-order valence-electron chi connectivity index (χ4n) is 5.34. The van der Waals surface area contributed by atoms with Gasteiger partial charge in [-0.05, 0) is 36.4 Å². The topological polar surface area (TPSA) is 136 Å². The number of nitrogens with one attached hydrogen (secondary N) is 1. The first-order valence-electron chi connectivity index (χ1n) is 13.8. The van der Waals surface area contributed by atoms with E-state index in [4.69, 9.17) is 0 Å². The number of anilines is 2. The lowest BCUT2D eigenvalue weighted by Gasteiger charge is -2.34. The van der Waals surface area contributed by atoms with Gasteiger partial charge in [-0.2, -0.15) is 4.57 Å². The molecule has 44 heavy (non-hydrogen) atoms. The van der Waals surface area contributed by atoms with E-state index in [1.807, 2.05) is 26.0 Å². The Balaban J connectivity index is 1.69. The second-order valence-corrected chi connectivity index (χ2v) is 11.1. The monoisotopic (exact) mass is 589 g/mol. The molecule has 6 rings (SSSR count). The van der Waals surface area contributed by atoms with Crippen LogP contribution in [0.2, 0.25) is 0 Å². The first-order chi connectivity index (χ1) is 21.0. The van der Waals surface area contributed by atoms with Crippen LogP contribution in [0.3, 0.4) is 0 Å². The number of H-pyrrole nitrogens is 1. The van der Waals surface area contributed by atoms with Crippen molar-refractivity contribution in [1.29, 1.82) is 0 Å². The lowest BCUT2D eigenvalue weighted by atomic mass is 9.93. The molecular weight excluding hydrogens is 562 g/mol. The lowest BCUT2D eigenvalue weighted by molar-refractivity contribution is 0.0945. The molecule has 4 aromatic rings. The molecule has 1 aliphatic heterocycles. The average molecular weight is 590 g/mol. The minimum atomic E-state index is -1.02. The van der Waals surface area contributed by atoms with Crippen molar-refractivity contribution in [3.8, 4) is 0 Å². The van der Waals surface area contributed by atoms with Gasteiger partial charge >= 0.3 is 11.4 Å². The van der Waals surface area contributed by atoms with Crippen LogP contribution in [0.25, 0.3) is 0 Å². The second kappa shape index (κ2) is 10.5. The van der Waals surface area contributed by atoms with Gasteiger partial charge in [-0.15, -0.1) is 0 Å². The van der Waals surface area contributed by atoms with Crippen LogP contribution in [0.15, 0.2) is 116 Å². The molecule has 0 bridgehead atoms. The zero-order valence-electron chi connectivity index (χ0n) is 24.1. The van der Waals surface area contributed by atoms with Gasteiger partial charge in [-0.25, -0.2) is 14.2 Å². The summed E-state index contributed by atoms with van der Waals surface area (Å²) >= 11 is 0. The van der Waals surface area contributed by atoms with Crippen LogP contribution in [-0.4, -0.2) is 30.5 Å². The number of fused-ring (bicyclic) bond motifs is 2. The van der Waals surface area contributed by atoms with Crippen molar-refractivity contribution in [2.45, 2.75) is 20.3 Å². The van der Waals surface area contributed by atoms with E-state index in [-0.39, 0.29) is 45.7 Å². The minimum absolute atomic E-state index is 0.0338. The van der Waals surface area contributed by atoms with E-state index in [2.05, 4.69) is 4.98 Å². The van der Waals surface area contributed by atoms with E-state index in [9.17, 15) is 28.8 Å². The molecule has 220 valence electrons. The first-order valence-corrected chi connectivity index (χ1v) is 13.8. The van der Waals surface area contributed by atoms with Gasteiger partial charge in [0.25, 0.3) is 22.9 Å². The third-order valence-electron chi connectivity index (χ3n) is 7.67. The fraction of sp³-hybridized carbons (Fsp3) is 0.152. The standard InChI is InChI=1S/C33H27N5O6/c1-33(2)17-10-15-22(16-18-33)36-25-23(30(42)38(31(43)34-25)28(40)21-13-8-5-9-14-21)19-24-26(36)37(32(44)35(3)29(24)41)27(39)20-11-6-4-7-12-20/h4-18H,19H2,1-3H3,(H,34,43). The summed E-state index contributed by atoms with van der Waals surface area (Å²) in [4.78, 5) is 86.1. The van der Waals surface area contributed by atoms with Crippen molar-refractivity contribution in [3.63, 3.8) is 0 Å². The molecule has 0 saturated carbocycles. The Morgan fingerprint density at radius 1 is 0.773 bits per heavy atom. The Morgan fingerprint density at radius 2 is 1.36 bits per heavy atom. The third-order valence-corrected chi connectivity index (χ3v) is 7.67. The summed E-state index contributed by atoms with van der Waals surface area (Å²) in [5.41, 5.74) is -3.37. The van der Waals surface area contributed by atoms with Gasteiger partial charge in [0.15, 0.2) is 0 Å². The van der Waals surface area contributed by atoms with Crippen molar-refractivity contribution in [3.05, 3.63) is 161 Å². The van der Waals surface area contributed by atoms with E-state index in [1.165, 1.54) is 24.1 Å². The molecule has 2 aromatic carbocycles. The highest BCUT2D eigenvalue weighted by Gasteiger charge is 2.37. The molecule has 0 saturated heterocycles. The average Bonchev–Trinajstić information content (AvgIpc) is 3.20. The predicted molar refractivity (Wildman–Crippen MR) is 165 cm³/mol. The zero-order valence-corrected chi connectivity index (χ0v) is 24.1. The predicted octanol–water partition coefficient (Wildman–Crippen LogP) is 2.85. The Hall–Kier alpha value is -5.84. The van der Waals surface area contributed by atoms with Crippen molar-refractivity contribution in [1.82, 2.24) is 18.7 Å². The van der Waals surface area contributed by atoms with Crippen molar-refractivity contribution < 1.29 is 9.59 Å². The number of aromatic nitrogens is 4. The number of rotatable bonds is 3. The number of carbonyl (C=O) groups excluding carboxylic acids is 2. The molecular formula is C33H27N5O6. The highest BCUT2D eigenvalue weighted by atomic mass is 16.2. The van der Waals surface area contributed by atoms with Gasteiger partial charge < -0.3 is 0 Å². The zero-order chi connectivity index (χ0) is 31.3. The van der Waals surface area contributed by atoms with Gasteiger partial charge in [-0.3, -0.25) is 33.6 Å². The molecule has 11 heteroatoms. The molecule has 0 amide bonds. The van der Waals surface area contributed by atoms with Crippen molar-refractivity contribution in [2.24, 2.45) is 12.5 Å². The van der Waals surface area contributed by atoms with Gasteiger partial charge in [-0.1, -0.05) is 68.5 Å². The van der Waals surface area contributed by atoms with Crippen LogP contribution in [0.1, 0.15) is 45.7 Å². The number of allylic oxidation sites excluding steroid dienone is 5. The number of benzene rings is 2. The van der Waals surface area contributed by atoms with Gasteiger partial charge in [0.05, 0.1) is 11.1 Å². The van der Waals surface area contributed by atoms with Crippen molar-refractivity contribution in [2.75, 3.05) is 4.90 Å². The quantitative estimate of drug-likeness (QED) is 0.388. The summed E-state index contributed by atoms with van der Waals surface area (Å²) in [5.74, 6) is -1.71.